The van der Waals surface area contributed by atoms with Gasteiger partial charge in [0.1, 0.15) is 0 Å². The second-order valence-corrected chi connectivity index (χ2v) is 6.53. The molecule has 3 N–H and O–H groups in total. The average Bonchev–Trinajstić information content (AvgIpc) is 3.01. The van der Waals surface area contributed by atoms with Crippen molar-refractivity contribution in [1.29, 1.82) is 0 Å². The molecule has 122 valence electrons. The summed E-state index contributed by atoms with van der Waals surface area (Å²) in [4.78, 5) is 14.6. The maximum atomic E-state index is 12.3. The lowest BCUT2D eigenvalue weighted by molar-refractivity contribution is -0.126. The molecule has 0 heterocycles. The van der Waals surface area contributed by atoms with Crippen molar-refractivity contribution in [1.82, 2.24) is 10.2 Å². The summed E-state index contributed by atoms with van der Waals surface area (Å²) >= 11 is 0. The van der Waals surface area contributed by atoms with Crippen molar-refractivity contribution in [3.8, 4) is 0 Å². The largest absolute Gasteiger partial charge is 0.354 e. The molecule has 3 atom stereocenters. The van der Waals surface area contributed by atoms with E-state index in [9.17, 15) is 4.79 Å². The summed E-state index contributed by atoms with van der Waals surface area (Å²) in [6, 6.07) is 10.7. The Labute approximate surface area is 134 Å². The molecule has 1 aliphatic carbocycles. The Morgan fingerprint density at radius 3 is 2.77 bits per heavy atom. The van der Waals surface area contributed by atoms with Crippen LogP contribution in [0.4, 0.5) is 0 Å². The number of hydrogen-bond donors (Lipinski definition) is 2. The monoisotopic (exact) mass is 303 g/mol. The Kier molecular flexibility index (Phi) is 6.40. The Hall–Kier alpha value is -1.39. The van der Waals surface area contributed by atoms with Crippen LogP contribution in [-0.4, -0.2) is 37.0 Å². The fourth-order valence-electron chi connectivity index (χ4n) is 3.23. The number of rotatable bonds is 7. The van der Waals surface area contributed by atoms with Crippen LogP contribution >= 0.6 is 0 Å². The summed E-state index contributed by atoms with van der Waals surface area (Å²) in [7, 11) is 2.10. The highest BCUT2D eigenvalue weighted by atomic mass is 16.1. The van der Waals surface area contributed by atoms with Gasteiger partial charge in [-0.1, -0.05) is 36.8 Å². The molecule has 1 aromatic rings. The molecular formula is C18H29N3O. The smallest absolute Gasteiger partial charge is 0.223 e. The van der Waals surface area contributed by atoms with Gasteiger partial charge in [0.25, 0.3) is 0 Å². The second-order valence-electron chi connectivity index (χ2n) is 6.53. The first-order valence-electron chi connectivity index (χ1n) is 8.33. The van der Waals surface area contributed by atoms with E-state index in [1.165, 1.54) is 5.56 Å². The highest BCUT2D eigenvalue weighted by molar-refractivity contribution is 5.79. The van der Waals surface area contributed by atoms with Crippen molar-refractivity contribution < 1.29 is 4.79 Å². The van der Waals surface area contributed by atoms with Crippen molar-refractivity contribution >= 4 is 5.91 Å². The van der Waals surface area contributed by atoms with E-state index >= 15 is 0 Å². The van der Waals surface area contributed by atoms with Gasteiger partial charge in [-0.3, -0.25) is 9.69 Å². The van der Waals surface area contributed by atoms with Gasteiger partial charge in [0.15, 0.2) is 0 Å². The van der Waals surface area contributed by atoms with E-state index in [1.807, 2.05) is 6.07 Å². The number of nitrogens with one attached hydrogen (secondary N) is 1. The number of amides is 1. The highest BCUT2D eigenvalue weighted by Crippen LogP contribution is 2.30. The SMILES string of the molecule is CC(CNC(=O)[C@@H]1CCC[C@@H]1CN)N(C)Cc1ccccc1. The lowest BCUT2D eigenvalue weighted by Gasteiger charge is -2.26. The molecule has 1 aromatic carbocycles. The van der Waals surface area contributed by atoms with Crippen LogP contribution in [0.1, 0.15) is 31.7 Å². The summed E-state index contributed by atoms with van der Waals surface area (Å²) in [5.41, 5.74) is 7.06. The van der Waals surface area contributed by atoms with Gasteiger partial charge in [-0.25, -0.2) is 0 Å². The molecule has 1 aliphatic rings. The Balaban J connectivity index is 1.77. The first-order chi connectivity index (χ1) is 10.6. The molecule has 1 amide bonds. The van der Waals surface area contributed by atoms with Crippen molar-refractivity contribution in [3.63, 3.8) is 0 Å². The maximum absolute atomic E-state index is 12.3. The van der Waals surface area contributed by atoms with Gasteiger partial charge in [-0.05, 0) is 44.8 Å². The standard InChI is InChI=1S/C18H29N3O/c1-14(21(2)13-15-7-4-3-5-8-15)12-20-18(22)17-10-6-9-16(17)11-19/h3-5,7-8,14,16-17H,6,9-13,19H2,1-2H3,(H,20,22)/t14?,16-,17-/m1/s1. The van der Waals surface area contributed by atoms with Gasteiger partial charge >= 0.3 is 0 Å². The van der Waals surface area contributed by atoms with Crippen LogP contribution in [0.15, 0.2) is 30.3 Å². The topological polar surface area (TPSA) is 58.4 Å². The normalized spacial score (nSPS) is 22.7. The Bertz CT molecular complexity index is 463. The van der Waals surface area contributed by atoms with Gasteiger partial charge in [-0.15, -0.1) is 0 Å². The predicted octanol–water partition coefficient (Wildman–Crippen LogP) is 2.00. The maximum Gasteiger partial charge on any atom is 0.223 e. The summed E-state index contributed by atoms with van der Waals surface area (Å²) in [6.07, 6.45) is 3.21. The lowest BCUT2D eigenvalue weighted by Crippen LogP contribution is -2.43. The van der Waals surface area contributed by atoms with Crippen molar-refractivity contribution in [3.05, 3.63) is 35.9 Å². The van der Waals surface area contributed by atoms with Gasteiger partial charge in [0, 0.05) is 25.0 Å². The molecule has 0 spiro atoms. The van der Waals surface area contributed by atoms with E-state index in [0.717, 1.165) is 25.8 Å². The van der Waals surface area contributed by atoms with Crippen LogP contribution in [0.5, 0.6) is 0 Å². The molecule has 0 aliphatic heterocycles. The number of carbonyl (C=O) groups excluding carboxylic acids is 1. The molecular weight excluding hydrogens is 274 g/mol. The number of likely N-dealkylation sites (N-methyl/N-ethyl adjacent to an activating group) is 1. The average molecular weight is 303 g/mol. The molecule has 0 aromatic heterocycles. The quantitative estimate of drug-likeness (QED) is 0.810. The minimum atomic E-state index is 0.122. The van der Waals surface area contributed by atoms with Crippen LogP contribution in [0.25, 0.3) is 0 Å². The summed E-state index contributed by atoms with van der Waals surface area (Å²) < 4.78 is 0. The first kappa shape index (κ1) is 17.0. The molecule has 4 heteroatoms. The van der Waals surface area contributed by atoms with Crippen molar-refractivity contribution in [2.75, 3.05) is 20.1 Å². The summed E-state index contributed by atoms with van der Waals surface area (Å²) in [6.45, 7) is 4.36. The van der Waals surface area contributed by atoms with Gasteiger partial charge in [-0.2, -0.15) is 0 Å². The predicted molar refractivity (Wildman–Crippen MR) is 90.3 cm³/mol. The third kappa shape index (κ3) is 4.55. The molecule has 0 saturated heterocycles. The zero-order chi connectivity index (χ0) is 15.9. The molecule has 1 fully saturated rings. The van der Waals surface area contributed by atoms with Crippen LogP contribution in [-0.2, 0) is 11.3 Å². The molecule has 2 rings (SSSR count). The fraction of sp³-hybridized carbons (Fsp3) is 0.611. The second kappa shape index (κ2) is 8.30. The van der Waals surface area contributed by atoms with Gasteiger partial charge in [0.2, 0.25) is 5.91 Å². The number of benzene rings is 1. The molecule has 0 bridgehead atoms. The highest BCUT2D eigenvalue weighted by Gasteiger charge is 2.31. The fourth-order valence-corrected chi connectivity index (χ4v) is 3.23. The molecule has 4 nitrogen and oxygen atoms in total. The van der Waals surface area contributed by atoms with E-state index in [1.54, 1.807) is 0 Å². The van der Waals surface area contributed by atoms with Crippen LogP contribution in [0, 0.1) is 11.8 Å². The minimum Gasteiger partial charge on any atom is -0.354 e. The van der Waals surface area contributed by atoms with Crippen LogP contribution < -0.4 is 11.1 Å². The van der Waals surface area contributed by atoms with Gasteiger partial charge in [0.05, 0.1) is 0 Å². The molecule has 0 radical (unpaired) electrons. The number of nitrogens with zero attached hydrogens (tertiary/aromatic N) is 1. The summed E-state index contributed by atoms with van der Waals surface area (Å²) in [5.74, 6) is 0.682. The van der Waals surface area contributed by atoms with E-state index in [0.29, 0.717) is 25.0 Å². The van der Waals surface area contributed by atoms with E-state index < -0.39 is 0 Å². The summed E-state index contributed by atoms with van der Waals surface area (Å²) in [5, 5.41) is 3.12. The van der Waals surface area contributed by atoms with Crippen molar-refractivity contribution in [2.45, 2.75) is 38.8 Å². The van der Waals surface area contributed by atoms with Crippen LogP contribution in [0.2, 0.25) is 0 Å². The minimum absolute atomic E-state index is 0.122. The zero-order valence-corrected chi connectivity index (χ0v) is 13.8. The Morgan fingerprint density at radius 2 is 2.09 bits per heavy atom. The van der Waals surface area contributed by atoms with E-state index in [2.05, 4.69) is 48.5 Å². The zero-order valence-electron chi connectivity index (χ0n) is 13.8. The lowest BCUT2D eigenvalue weighted by atomic mass is 9.95. The van der Waals surface area contributed by atoms with Crippen LogP contribution in [0.3, 0.4) is 0 Å². The van der Waals surface area contributed by atoms with E-state index in [-0.39, 0.29) is 11.8 Å². The third-order valence-electron chi connectivity index (χ3n) is 4.90. The number of nitrogens with two attached hydrogens (primary N) is 1. The number of carbonyl (C=O) groups is 1. The third-order valence-corrected chi connectivity index (χ3v) is 4.90. The number of hydrogen-bond acceptors (Lipinski definition) is 3. The molecule has 1 unspecified atom stereocenters. The molecule has 1 saturated carbocycles. The van der Waals surface area contributed by atoms with Gasteiger partial charge < -0.3 is 11.1 Å². The van der Waals surface area contributed by atoms with E-state index in [4.69, 9.17) is 5.73 Å². The van der Waals surface area contributed by atoms with Crippen molar-refractivity contribution in [2.24, 2.45) is 17.6 Å². The first-order valence-corrected chi connectivity index (χ1v) is 8.33. The Morgan fingerprint density at radius 1 is 1.36 bits per heavy atom. The molecule has 22 heavy (non-hydrogen) atoms.